The third-order valence-corrected chi connectivity index (χ3v) is 3.48. The van der Waals surface area contributed by atoms with Crippen molar-refractivity contribution in [1.29, 1.82) is 0 Å². The largest absolute Gasteiger partial charge is 0.477 e. The summed E-state index contributed by atoms with van der Waals surface area (Å²) in [5.41, 5.74) is 6.92. The maximum absolute atomic E-state index is 5.84. The van der Waals surface area contributed by atoms with Crippen LogP contribution >= 0.6 is 0 Å². The van der Waals surface area contributed by atoms with Crippen LogP contribution in [0.3, 0.4) is 0 Å². The normalized spacial score (nSPS) is 18.9. The molecule has 1 heterocycles. The summed E-state index contributed by atoms with van der Waals surface area (Å²) in [7, 11) is 0. The Bertz CT molecular complexity index is 346. The van der Waals surface area contributed by atoms with E-state index in [0.29, 0.717) is 11.8 Å². The molecule has 1 aromatic heterocycles. The van der Waals surface area contributed by atoms with E-state index < -0.39 is 0 Å². The van der Waals surface area contributed by atoms with Gasteiger partial charge in [0, 0.05) is 18.3 Å². The van der Waals surface area contributed by atoms with Gasteiger partial charge in [-0.15, -0.1) is 0 Å². The molecule has 2 N–H and O–H groups in total. The molecule has 1 aliphatic rings. The molecule has 1 aliphatic carbocycles. The van der Waals surface area contributed by atoms with E-state index in [1.165, 1.54) is 32.1 Å². The van der Waals surface area contributed by atoms with Crippen LogP contribution in [0, 0.1) is 5.92 Å². The molecule has 0 saturated heterocycles. The molecule has 3 nitrogen and oxygen atoms in total. The summed E-state index contributed by atoms with van der Waals surface area (Å²) >= 11 is 0. The van der Waals surface area contributed by atoms with Crippen LogP contribution in [0.5, 0.6) is 5.88 Å². The highest BCUT2D eigenvalue weighted by Crippen LogP contribution is 2.24. The summed E-state index contributed by atoms with van der Waals surface area (Å²) in [5.74, 6) is 1.43. The molecule has 1 aromatic rings. The van der Waals surface area contributed by atoms with E-state index in [2.05, 4.69) is 4.98 Å². The minimum atomic E-state index is 0.0371. The Hall–Kier alpha value is -1.09. The summed E-state index contributed by atoms with van der Waals surface area (Å²) in [6, 6.07) is 3.93. The maximum atomic E-state index is 5.84. The highest BCUT2D eigenvalue weighted by atomic mass is 16.5. The predicted octanol–water partition coefficient (Wildman–Crippen LogP) is 3.06. The second-order valence-corrected chi connectivity index (χ2v) is 5.03. The van der Waals surface area contributed by atoms with E-state index in [-0.39, 0.29) is 6.04 Å². The van der Waals surface area contributed by atoms with Crippen LogP contribution in [-0.2, 0) is 0 Å². The van der Waals surface area contributed by atoms with Crippen molar-refractivity contribution in [2.75, 3.05) is 6.61 Å². The fourth-order valence-corrected chi connectivity index (χ4v) is 2.34. The lowest BCUT2D eigenvalue weighted by molar-refractivity contribution is 0.202. The molecule has 0 spiro atoms. The number of aromatic nitrogens is 1. The van der Waals surface area contributed by atoms with Crippen LogP contribution < -0.4 is 10.5 Å². The van der Waals surface area contributed by atoms with Gasteiger partial charge in [-0.05, 0) is 37.3 Å². The van der Waals surface area contributed by atoms with Crippen LogP contribution in [0.4, 0.5) is 0 Å². The van der Waals surface area contributed by atoms with Crippen LogP contribution in [0.15, 0.2) is 18.3 Å². The van der Waals surface area contributed by atoms with Crippen molar-refractivity contribution in [2.45, 2.75) is 45.1 Å². The van der Waals surface area contributed by atoms with Crippen LogP contribution in [0.1, 0.15) is 50.6 Å². The van der Waals surface area contributed by atoms with Crippen molar-refractivity contribution in [1.82, 2.24) is 4.98 Å². The van der Waals surface area contributed by atoms with Gasteiger partial charge in [-0.1, -0.05) is 19.3 Å². The Kier molecular flexibility index (Phi) is 4.37. The average molecular weight is 234 g/mol. The first-order chi connectivity index (χ1) is 8.25. The second-order valence-electron chi connectivity index (χ2n) is 5.03. The number of rotatable bonds is 4. The Morgan fingerprint density at radius 1 is 1.41 bits per heavy atom. The van der Waals surface area contributed by atoms with Crippen LogP contribution in [0.2, 0.25) is 0 Å². The van der Waals surface area contributed by atoms with E-state index in [0.717, 1.165) is 12.2 Å². The van der Waals surface area contributed by atoms with E-state index in [1.807, 2.05) is 19.1 Å². The first kappa shape index (κ1) is 12.4. The standard InChI is InChI=1S/C14H22N2O/c1-11(15)13-7-8-16-14(9-13)17-10-12-5-3-2-4-6-12/h7-9,11-12H,2-6,10,15H2,1H3/t11-/m1/s1. The Morgan fingerprint density at radius 3 is 2.88 bits per heavy atom. The fraction of sp³-hybridized carbons (Fsp3) is 0.643. The molecule has 17 heavy (non-hydrogen) atoms. The van der Waals surface area contributed by atoms with E-state index in [1.54, 1.807) is 6.20 Å². The van der Waals surface area contributed by atoms with Crippen molar-refractivity contribution in [2.24, 2.45) is 11.7 Å². The average Bonchev–Trinajstić information content (AvgIpc) is 2.38. The summed E-state index contributed by atoms with van der Waals surface area (Å²) in [5, 5.41) is 0. The lowest BCUT2D eigenvalue weighted by atomic mass is 9.90. The Balaban J connectivity index is 1.87. The summed E-state index contributed by atoms with van der Waals surface area (Å²) in [6.07, 6.45) is 8.45. The molecule has 0 aliphatic heterocycles. The van der Waals surface area contributed by atoms with Gasteiger partial charge < -0.3 is 10.5 Å². The third-order valence-electron chi connectivity index (χ3n) is 3.48. The zero-order chi connectivity index (χ0) is 12.1. The predicted molar refractivity (Wildman–Crippen MR) is 68.9 cm³/mol. The second kappa shape index (κ2) is 6.01. The molecular weight excluding hydrogens is 212 g/mol. The van der Waals surface area contributed by atoms with E-state index >= 15 is 0 Å². The third kappa shape index (κ3) is 3.70. The molecule has 94 valence electrons. The molecule has 3 heteroatoms. The molecule has 2 rings (SSSR count). The topological polar surface area (TPSA) is 48.1 Å². The van der Waals surface area contributed by atoms with Crippen molar-refractivity contribution >= 4 is 0 Å². The number of nitrogens with zero attached hydrogens (tertiary/aromatic N) is 1. The van der Waals surface area contributed by atoms with E-state index in [4.69, 9.17) is 10.5 Å². The number of hydrogen-bond acceptors (Lipinski definition) is 3. The van der Waals surface area contributed by atoms with Crippen molar-refractivity contribution in [3.63, 3.8) is 0 Å². The molecule has 0 radical (unpaired) electrons. The smallest absolute Gasteiger partial charge is 0.213 e. The van der Waals surface area contributed by atoms with Crippen LogP contribution in [-0.4, -0.2) is 11.6 Å². The number of hydrogen-bond donors (Lipinski definition) is 1. The highest BCUT2D eigenvalue weighted by molar-refractivity contribution is 5.22. The highest BCUT2D eigenvalue weighted by Gasteiger charge is 2.14. The molecule has 0 aromatic carbocycles. The Labute approximate surface area is 103 Å². The van der Waals surface area contributed by atoms with Gasteiger partial charge in [-0.3, -0.25) is 0 Å². The van der Waals surface area contributed by atoms with Crippen molar-refractivity contribution in [3.05, 3.63) is 23.9 Å². The van der Waals surface area contributed by atoms with Gasteiger partial charge in [0.25, 0.3) is 0 Å². The summed E-state index contributed by atoms with van der Waals surface area (Å²) in [6.45, 7) is 2.77. The zero-order valence-corrected chi connectivity index (χ0v) is 10.6. The lowest BCUT2D eigenvalue weighted by Gasteiger charge is -2.21. The number of pyridine rings is 1. The quantitative estimate of drug-likeness (QED) is 0.871. The van der Waals surface area contributed by atoms with Crippen molar-refractivity contribution < 1.29 is 4.74 Å². The molecule has 0 amide bonds. The minimum absolute atomic E-state index is 0.0371. The van der Waals surface area contributed by atoms with Gasteiger partial charge in [0.1, 0.15) is 0 Å². The van der Waals surface area contributed by atoms with Crippen LogP contribution in [0.25, 0.3) is 0 Å². The lowest BCUT2D eigenvalue weighted by Crippen LogP contribution is -2.16. The van der Waals surface area contributed by atoms with Gasteiger partial charge in [0.15, 0.2) is 0 Å². The maximum Gasteiger partial charge on any atom is 0.213 e. The van der Waals surface area contributed by atoms with Gasteiger partial charge in [-0.25, -0.2) is 4.98 Å². The minimum Gasteiger partial charge on any atom is -0.477 e. The first-order valence-electron chi connectivity index (χ1n) is 6.60. The van der Waals surface area contributed by atoms with E-state index in [9.17, 15) is 0 Å². The van der Waals surface area contributed by atoms with Gasteiger partial charge in [0.05, 0.1) is 6.61 Å². The molecule has 0 unspecified atom stereocenters. The van der Waals surface area contributed by atoms with Gasteiger partial charge in [0.2, 0.25) is 5.88 Å². The van der Waals surface area contributed by atoms with Gasteiger partial charge >= 0.3 is 0 Å². The van der Waals surface area contributed by atoms with Gasteiger partial charge in [-0.2, -0.15) is 0 Å². The molecule has 1 fully saturated rings. The molecule has 0 bridgehead atoms. The summed E-state index contributed by atoms with van der Waals surface area (Å²) < 4.78 is 5.77. The molecular formula is C14H22N2O. The monoisotopic (exact) mass is 234 g/mol. The Morgan fingerprint density at radius 2 is 2.18 bits per heavy atom. The van der Waals surface area contributed by atoms with Crippen molar-refractivity contribution in [3.8, 4) is 5.88 Å². The fourth-order valence-electron chi connectivity index (χ4n) is 2.34. The molecule has 1 saturated carbocycles. The SMILES string of the molecule is C[C@@H](N)c1ccnc(OCC2CCCCC2)c1. The molecule has 1 atom stereocenters. The first-order valence-corrected chi connectivity index (χ1v) is 6.60. The number of nitrogens with two attached hydrogens (primary N) is 1. The summed E-state index contributed by atoms with van der Waals surface area (Å²) in [4.78, 5) is 4.23. The number of ether oxygens (including phenoxy) is 1. The zero-order valence-electron chi connectivity index (χ0n) is 10.6.